The van der Waals surface area contributed by atoms with E-state index >= 15 is 0 Å². The molecule has 0 amide bonds. The molecule has 3 aromatic rings. The number of ether oxygens (including phenoxy) is 1. The third-order valence-electron chi connectivity index (χ3n) is 5.41. The van der Waals surface area contributed by atoms with Crippen LogP contribution in [0.1, 0.15) is 29.2 Å². The first-order valence-corrected chi connectivity index (χ1v) is 11.3. The van der Waals surface area contributed by atoms with E-state index in [-0.39, 0.29) is 6.04 Å². The number of thiocarbonyl (C=S) groups is 1. The molecule has 1 heterocycles. The number of methoxy groups -OCH3 is 1. The summed E-state index contributed by atoms with van der Waals surface area (Å²) in [5.41, 5.74) is 10.1. The summed E-state index contributed by atoms with van der Waals surface area (Å²) in [6.45, 7) is 0.646. The van der Waals surface area contributed by atoms with Crippen molar-refractivity contribution in [2.45, 2.75) is 18.6 Å². The van der Waals surface area contributed by atoms with Crippen LogP contribution in [0, 0.1) is 0 Å². The van der Waals surface area contributed by atoms with Crippen LogP contribution in [-0.4, -0.2) is 24.0 Å². The number of hydrogen-bond acceptors (Lipinski definition) is 3. The molecule has 8 heteroatoms. The van der Waals surface area contributed by atoms with Gasteiger partial charge in [-0.1, -0.05) is 60.2 Å². The zero-order valence-corrected chi connectivity index (χ0v) is 20.0. The highest BCUT2D eigenvalue weighted by atomic mass is 35.5. The van der Waals surface area contributed by atoms with Crippen LogP contribution in [0.3, 0.4) is 0 Å². The van der Waals surface area contributed by atoms with E-state index in [2.05, 4.69) is 0 Å². The molecule has 1 aliphatic heterocycles. The second-order valence-electron chi connectivity index (χ2n) is 7.60. The molecule has 178 valence electrons. The van der Waals surface area contributed by atoms with Gasteiger partial charge in [0, 0.05) is 22.8 Å². The number of nitrogens with two attached hydrogens (primary N) is 1. The Labute approximate surface area is 207 Å². The van der Waals surface area contributed by atoms with Crippen molar-refractivity contribution in [3.63, 3.8) is 0 Å². The number of halogens is 4. The zero-order chi connectivity index (χ0) is 24.7. The number of hydrogen-bond donors (Lipinski definition) is 1. The van der Waals surface area contributed by atoms with Crippen LogP contribution in [0.4, 0.5) is 18.9 Å². The largest absolute Gasteiger partial charge is 0.497 e. The molecule has 0 radical (unpaired) electrons. The van der Waals surface area contributed by atoms with E-state index in [0.717, 1.165) is 41.0 Å². The van der Waals surface area contributed by atoms with Gasteiger partial charge >= 0.3 is 6.18 Å². The smallest absolute Gasteiger partial charge is 0.416 e. The quantitative estimate of drug-likeness (QED) is 0.296. The van der Waals surface area contributed by atoms with Crippen molar-refractivity contribution in [3.8, 4) is 5.75 Å². The Kier molecular flexibility index (Phi) is 8.58. The maximum absolute atomic E-state index is 12.8. The number of alkyl halides is 3. The van der Waals surface area contributed by atoms with Crippen molar-refractivity contribution >= 4 is 40.6 Å². The number of rotatable bonds is 4. The molecule has 3 nitrogen and oxygen atoms in total. The molecular weight excluding hydrogens is 481 g/mol. The van der Waals surface area contributed by atoms with Gasteiger partial charge in [0.05, 0.1) is 24.2 Å². The molecule has 0 spiro atoms. The second-order valence-corrected chi connectivity index (χ2v) is 8.25. The molecule has 1 aliphatic rings. The lowest BCUT2D eigenvalue weighted by molar-refractivity contribution is -0.137. The van der Waals surface area contributed by atoms with Crippen molar-refractivity contribution in [1.29, 1.82) is 0 Å². The zero-order valence-electron chi connectivity index (χ0n) is 18.4. The number of nitrogens with zero attached hydrogens (tertiary/aromatic N) is 1. The SMILES string of the molecule is COc1ccccc1.Nc1ccc(Cl)cc1C1=CC(c2ccc(C(F)(F)F)cc2)N(C=S)CC1. The lowest BCUT2D eigenvalue weighted by Crippen LogP contribution is -2.30. The van der Waals surface area contributed by atoms with Crippen LogP contribution in [-0.2, 0) is 6.18 Å². The molecule has 2 N–H and O–H groups in total. The highest BCUT2D eigenvalue weighted by molar-refractivity contribution is 7.78. The van der Waals surface area contributed by atoms with Crippen LogP contribution in [0.2, 0.25) is 5.02 Å². The molecule has 34 heavy (non-hydrogen) atoms. The van der Waals surface area contributed by atoms with Gasteiger partial charge in [0.25, 0.3) is 0 Å². The molecule has 1 atom stereocenters. The molecule has 0 saturated heterocycles. The highest BCUT2D eigenvalue weighted by Crippen LogP contribution is 2.37. The van der Waals surface area contributed by atoms with E-state index in [1.54, 1.807) is 25.3 Å². The van der Waals surface area contributed by atoms with E-state index in [9.17, 15) is 13.2 Å². The van der Waals surface area contributed by atoms with Crippen LogP contribution >= 0.6 is 23.8 Å². The van der Waals surface area contributed by atoms with Gasteiger partial charge in [-0.05, 0) is 60.0 Å². The summed E-state index contributed by atoms with van der Waals surface area (Å²) in [6, 6.07) is 19.9. The van der Waals surface area contributed by atoms with Crippen molar-refractivity contribution in [2.75, 3.05) is 19.4 Å². The Bertz CT molecular complexity index is 1140. The van der Waals surface area contributed by atoms with Gasteiger partial charge in [0.15, 0.2) is 0 Å². The summed E-state index contributed by atoms with van der Waals surface area (Å²) in [7, 11) is 1.66. The summed E-state index contributed by atoms with van der Waals surface area (Å²) in [4.78, 5) is 1.92. The van der Waals surface area contributed by atoms with E-state index in [1.165, 1.54) is 17.6 Å². The van der Waals surface area contributed by atoms with Gasteiger partial charge in [-0.15, -0.1) is 0 Å². The second kappa shape index (κ2) is 11.4. The Morgan fingerprint density at radius 2 is 1.74 bits per heavy atom. The molecule has 0 aliphatic carbocycles. The summed E-state index contributed by atoms with van der Waals surface area (Å²) in [5.74, 6) is 0.910. The Morgan fingerprint density at radius 3 is 2.29 bits per heavy atom. The summed E-state index contributed by atoms with van der Waals surface area (Å²) < 4.78 is 43.3. The van der Waals surface area contributed by atoms with E-state index in [0.29, 0.717) is 17.3 Å². The molecule has 1 unspecified atom stereocenters. The lowest BCUT2D eigenvalue weighted by atomic mass is 9.91. The van der Waals surface area contributed by atoms with Crippen LogP contribution in [0.5, 0.6) is 5.75 Å². The average molecular weight is 505 g/mol. The van der Waals surface area contributed by atoms with Gasteiger partial charge in [-0.2, -0.15) is 13.2 Å². The number of benzene rings is 3. The molecular formula is C26H24ClF3N2OS. The first kappa shape index (κ1) is 25.6. The molecule has 0 bridgehead atoms. The van der Waals surface area contributed by atoms with Crippen LogP contribution in [0.15, 0.2) is 78.9 Å². The number of anilines is 1. The third-order valence-corrected chi connectivity index (χ3v) is 5.92. The average Bonchev–Trinajstić information content (AvgIpc) is 2.85. The van der Waals surface area contributed by atoms with Crippen molar-refractivity contribution in [2.24, 2.45) is 0 Å². The fourth-order valence-corrected chi connectivity index (χ4v) is 4.03. The maximum Gasteiger partial charge on any atom is 0.416 e. The number of nitrogen functional groups attached to an aromatic ring is 1. The number of para-hydroxylation sites is 1. The molecule has 0 saturated carbocycles. The normalized spacial score (nSPS) is 15.6. The lowest BCUT2D eigenvalue weighted by Gasteiger charge is -2.33. The third kappa shape index (κ3) is 6.52. The van der Waals surface area contributed by atoms with Crippen LogP contribution < -0.4 is 10.5 Å². The molecule has 0 fully saturated rings. The first-order valence-electron chi connectivity index (χ1n) is 10.5. The molecule has 4 rings (SSSR count). The summed E-state index contributed by atoms with van der Waals surface area (Å²) in [5, 5.41) is 0.582. The minimum atomic E-state index is -4.36. The van der Waals surface area contributed by atoms with Gasteiger partial charge < -0.3 is 15.4 Å². The van der Waals surface area contributed by atoms with E-state index in [1.807, 2.05) is 41.3 Å². The molecule has 3 aromatic carbocycles. The highest BCUT2D eigenvalue weighted by Gasteiger charge is 2.31. The summed E-state index contributed by atoms with van der Waals surface area (Å²) >= 11 is 11.2. The van der Waals surface area contributed by atoms with Crippen molar-refractivity contribution in [3.05, 3.63) is 101 Å². The fraction of sp³-hybridized carbons (Fsp3) is 0.192. The Morgan fingerprint density at radius 1 is 1.06 bits per heavy atom. The monoisotopic (exact) mass is 504 g/mol. The first-order chi connectivity index (χ1) is 16.2. The van der Waals surface area contributed by atoms with Crippen molar-refractivity contribution in [1.82, 2.24) is 4.90 Å². The Hall–Kier alpha value is -3.03. The predicted octanol–water partition coefficient (Wildman–Crippen LogP) is 7.42. The topological polar surface area (TPSA) is 38.5 Å². The maximum atomic E-state index is 12.8. The van der Waals surface area contributed by atoms with Gasteiger partial charge in [0.2, 0.25) is 0 Å². The van der Waals surface area contributed by atoms with Gasteiger partial charge in [0.1, 0.15) is 5.75 Å². The predicted molar refractivity (Wildman–Crippen MR) is 136 cm³/mol. The minimum absolute atomic E-state index is 0.253. The standard InChI is InChI=1S/C19H16ClF3N2S.C7H8O/c20-15-5-6-17(24)16(10-15)13-7-8-25(11-26)18(9-13)12-1-3-14(4-2-12)19(21,22)23;1-8-7-5-3-2-4-6-7/h1-6,9-11,18H,7-8,24H2;2-6H,1H3. The van der Waals surface area contributed by atoms with Crippen molar-refractivity contribution < 1.29 is 17.9 Å². The van der Waals surface area contributed by atoms with Gasteiger partial charge in [-0.25, -0.2) is 0 Å². The molecule has 0 aromatic heterocycles. The summed E-state index contributed by atoms with van der Waals surface area (Å²) in [6.07, 6.45) is -1.66. The van der Waals surface area contributed by atoms with Gasteiger partial charge in [-0.3, -0.25) is 0 Å². The van der Waals surface area contributed by atoms with Crippen LogP contribution in [0.25, 0.3) is 5.57 Å². The minimum Gasteiger partial charge on any atom is -0.497 e. The van der Waals surface area contributed by atoms with E-state index in [4.69, 9.17) is 34.3 Å². The fourth-order valence-electron chi connectivity index (χ4n) is 3.62. The Balaban J connectivity index is 0.000000343. The van der Waals surface area contributed by atoms with E-state index < -0.39 is 11.7 Å².